The fourth-order valence-electron chi connectivity index (χ4n) is 4.76. The van der Waals surface area contributed by atoms with Crippen molar-refractivity contribution in [3.8, 4) is 5.75 Å². The highest BCUT2D eigenvalue weighted by Gasteiger charge is 2.18. The number of aryl methyl sites for hydroxylation is 1. The Labute approximate surface area is 228 Å². The predicted octanol–water partition coefficient (Wildman–Crippen LogP) is 6.91. The molecule has 0 fully saturated rings. The Kier molecular flexibility index (Phi) is 8.09. The molecule has 0 aliphatic rings. The molecule has 1 aromatic heterocycles. The Hall–Kier alpha value is -4.13. The summed E-state index contributed by atoms with van der Waals surface area (Å²) >= 11 is 0. The largest absolute Gasteiger partial charge is 0.479 e. The number of benzene rings is 3. The fraction of sp³-hybridized carbons (Fsp3) is 0.312. The molecule has 4 aromatic rings. The standard InChI is InChI=1S/C32H35FN2O4/c1-18(2)24-8-7-9-25(14-24)20(4)34-31(36)26-10-11-30-29(15-26)19(3)21(5)35(30)17-23-12-27(33)16-28(13-23)39-22(6)32(37)38/h7-16,18,20,22H,17H2,1-6H3,(H,34,36)(H,37,38). The third-order valence-electron chi connectivity index (χ3n) is 7.26. The van der Waals surface area contributed by atoms with Crippen molar-refractivity contribution in [2.75, 3.05) is 0 Å². The van der Waals surface area contributed by atoms with Gasteiger partial charge in [-0.15, -0.1) is 0 Å². The molecule has 0 aliphatic carbocycles. The van der Waals surface area contributed by atoms with Gasteiger partial charge < -0.3 is 19.7 Å². The van der Waals surface area contributed by atoms with Gasteiger partial charge in [0.1, 0.15) is 11.6 Å². The number of nitrogens with zero attached hydrogens (tertiary/aromatic N) is 1. The van der Waals surface area contributed by atoms with Crippen LogP contribution in [0.25, 0.3) is 10.9 Å². The average molecular weight is 531 g/mol. The lowest BCUT2D eigenvalue weighted by Gasteiger charge is -2.17. The summed E-state index contributed by atoms with van der Waals surface area (Å²) in [7, 11) is 0. The summed E-state index contributed by atoms with van der Waals surface area (Å²) in [5.41, 5.74) is 6.45. The molecule has 7 heteroatoms. The maximum absolute atomic E-state index is 14.4. The van der Waals surface area contributed by atoms with Crippen molar-refractivity contribution in [3.05, 3.63) is 100.0 Å². The number of carbonyl (C=O) groups is 2. The van der Waals surface area contributed by atoms with Crippen LogP contribution in [0, 0.1) is 19.7 Å². The van der Waals surface area contributed by atoms with Crippen LogP contribution < -0.4 is 10.1 Å². The molecule has 2 N–H and O–H groups in total. The SMILES string of the molecule is Cc1c(C)n(Cc2cc(F)cc(OC(C)C(=O)O)c2)c2ccc(C(=O)NC(C)c3cccc(C(C)C)c3)cc12. The highest BCUT2D eigenvalue weighted by molar-refractivity contribution is 5.99. The number of ether oxygens (including phenoxy) is 1. The lowest BCUT2D eigenvalue weighted by molar-refractivity contribution is -0.144. The Balaban J connectivity index is 1.58. The minimum atomic E-state index is -1.12. The van der Waals surface area contributed by atoms with Crippen LogP contribution in [-0.4, -0.2) is 27.7 Å². The monoisotopic (exact) mass is 530 g/mol. The topological polar surface area (TPSA) is 80.6 Å². The Bertz CT molecular complexity index is 1540. The number of fused-ring (bicyclic) bond motifs is 1. The first-order valence-corrected chi connectivity index (χ1v) is 13.1. The first-order chi connectivity index (χ1) is 18.4. The van der Waals surface area contributed by atoms with Gasteiger partial charge in [-0.25, -0.2) is 9.18 Å². The molecule has 1 amide bonds. The van der Waals surface area contributed by atoms with Crippen LogP contribution >= 0.6 is 0 Å². The molecule has 0 aliphatic heterocycles. The summed E-state index contributed by atoms with van der Waals surface area (Å²) in [5.74, 6) is -1.20. The zero-order chi connectivity index (χ0) is 28.4. The number of nitrogens with one attached hydrogen (secondary N) is 1. The second-order valence-corrected chi connectivity index (χ2v) is 10.4. The van der Waals surface area contributed by atoms with Crippen molar-refractivity contribution in [1.29, 1.82) is 0 Å². The quantitative estimate of drug-likeness (QED) is 0.246. The number of amides is 1. The van der Waals surface area contributed by atoms with Crippen molar-refractivity contribution < 1.29 is 23.8 Å². The lowest BCUT2D eigenvalue weighted by atomic mass is 9.98. The molecular weight excluding hydrogens is 495 g/mol. The van der Waals surface area contributed by atoms with Crippen LogP contribution in [0.4, 0.5) is 4.39 Å². The van der Waals surface area contributed by atoms with Crippen LogP contribution in [0.5, 0.6) is 5.75 Å². The number of carboxylic acid groups (broad SMARTS) is 1. The van der Waals surface area contributed by atoms with Gasteiger partial charge in [0.15, 0.2) is 6.10 Å². The molecule has 4 rings (SSSR count). The third kappa shape index (κ3) is 6.14. The number of carboxylic acids is 1. The normalized spacial score (nSPS) is 12.9. The Morgan fingerprint density at radius 2 is 1.69 bits per heavy atom. The highest BCUT2D eigenvalue weighted by Crippen LogP contribution is 2.29. The molecule has 2 atom stereocenters. The molecule has 0 bridgehead atoms. The number of rotatable bonds is 9. The molecule has 204 valence electrons. The van der Waals surface area contributed by atoms with Gasteiger partial charge in [0, 0.05) is 34.8 Å². The van der Waals surface area contributed by atoms with E-state index in [1.165, 1.54) is 24.6 Å². The molecular formula is C32H35FN2O4. The maximum atomic E-state index is 14.4. The number of carbonyl (C=O) groups excluding carboxylic acids is 1. The van der Waals surface area contributed by atoms with E-state index in [-0.39, 0.29) is 17.7 Å². The van der Waals surface area contributed by atoms with Crippen molar-refractivity contribution in [1.82, 2.24) is 9.88 Å². The summed E-state index contributed by atoms with van der Waals surface area (Å²) in [4.78, 5) is 24.3. The van der Waals surface area contributed by atoms with Gasteiger partial charge in [-0.1, -0.05) is 38.1 Å². The van der Waals surface area contributed by atoms with Gasteiger partial charge >= 0.3 is 5.97 Å². The van der Waals surface area contributed by atoms with E-state index in [9.17, 15) is 14.0 Å². The maximum Gasteiger partial charge on any atom is 0.344 e. The first-order valence-electron chi connectivity index (χ1n) is 13.1. The number of aliphatic carboxylic acids is 1. The van der Waals surface area contributed by atoms with E-state index in [4.69, 9.17) is 9.84 Å². The fourth-order valence-corrected chi connectivity index (χ4v) is 4.76. The third-order valence-corrected chi connectivity index (χ3v) is 7.26. The van der Waals surface area contributed by atoms with Crippen molar-refractivity contribution in [2.24, 2.45) is 0 Å². The summed E-state index contributed by atoms with van der Waals surface area (Å²) in [5, 5.41) is 13.2. The molecule has 0 saturated heterocycles. The van der Waals surface area contributed by atoms with E-state index >= 15 is 0 Å². The number of halogens is 1. The van der Waals surface area contributed by atoms with Gasteiger partial charge in [0.2, 0.25) is 0 Å². The van der Waals surface area contributed by atoms with E-state index in [2.05, 4.69) is 35.9 Å². The molecule has 0 radical (unpaired) electrons. The summed E-state index contributed by atoms with van der Waals surface area (Å²) in [6.07, 6.45) is -1.09. The number of aromatic nitrogens is 1. The zero-order valence-electron chi connectivity index (χ0n) is 23.2. The second-order valence-electron chi connectivity index (χ2n) is 10.4. The van der Waals surface area contributed by atoms with E-state index < -0.39 is 17.9 Å². The molecule has 1 heterocycles. The Morgan fingerprint density at radius 1 is 0.974 bits per heavy atom. The van der Waals surface area contributed by atoms with Crippen molar-refractivity contribution in [2.45, 2.75) is 66.2 Å². The summed E-state index contributed by atoms with van der Waals surface area (Å²) in [6, 6.07) is 18.0. The number of hydrogen-bond acceptors (Lipinski definition) is 3. The smallest absolute Gasteiger partial charge is 0.344 e. The van der Waals surface area contributed by atoms with Crippen LogP contribution in [0.15, 0.2) is 60.7 Å². The van der Waals surface area contributed by atoms with Gasteiger partial charge in [-0.05, 0) is 86.2 Å². The van der Waals surface area contributed by atoms with Crippen LogP contribution in [0.3, 0.4) is 0 Å². The molecule has 2 unspecified atom stereocenters. The molecule has 3 aromatic carbocycles. The van der Waals surface area contributed by atoms with Crippen LogP contribution in [0.1, 0.15) is 78.0 Å². The molecule has 6 nitrogen and oxygen atoms in total. The average Bonchev–Trinajstić information content (AvgIpc) is 3.12. The lowest BCUT2D eigenvalue weighted by Crippen LogP contribution is -2.26. The molecule has 39 heavy (non-hydrogen) atoms. The minimum absolute atomic E-state index is 0.146. The summed E-state index contributed by atoms with van der Waals surface area (Å²) in [6.45, 7) is 12.0. The van der Waals surface area contributed by atoms with E-state index in [1.807, 2.05) is 45.0 Å². The van der Waals surface area contributed by atoms with E-state index in [0.717, 1.165) is 27.7 Å². The zero-order valence-corrected chi connectivity index (χ0v) is 23.2. The highest BCUT2D eigenvalue weighted by atomic mass is 19.1. The van der Waals surface area contributed by atoms with Crippen molar-refractivity contribution >= 4 is 22.8 Å². The van der Waals surface area contributed by atoms with Gasteiger partial charge in [0.05, 0.1) is 6.04 Å². The van der Waals surface area contributed by atoms with Crippen LogP contribution in [-0.2, 0) is 11.3 Å². The van der Waals surface area contributed by atoms with Gasteiger partial charge in [0.25, 0.3) is 5.91 Å². The summed E-state index contributed by atoms with van der Waals surface area (Å²) < 4.78 is 21.8. The second kappa shape index (κ2) is 11.3. The van der Waals surface area contributed by atoms with Gasteiger partial charge in [-0.2, -0.15) is 0 Å². The number of hydrogen-bond donors (Lipinski definition) is 2. The predicted molar refractivity (Wildman–Crippen MR) is 151 cm³/mol. The van der Waals surface area contributed by atoms with E-state index in [1.54, 1.807) is 12.1 Å². The van der Waals surface area contributed by atoms with E-state index in [0.29, 0.717) is 23.6 Å². The van der Waals surface area contributed by atoms with Crippen LogP contribution in [0.2, 0.25) is 0 Å². The first kappa shape index (κ1) is 27.9. The molecule has 0 spiro atoms. The Morgan fingerprint density at radius 3 is 2.38 bits per heavy atom. The minimum Gasteiger partial charge on any atom is -0.479 e. The van der Waals surface area contributed by atoms with Crippen molar-refractivity contribution in [3.63, 3.8) is 0 Å². The van der Waals surface area contributed by atoms with Gasteiger partial charge in [-0.3, -0.25) is 4.79 Å². The molecule has 0 saturated carbocycles.